The van der Waals surface area contributed by atoms with E-state index in [-0.39, 0.29) is 0 Å². The Balaban J connectivity index is 3.88. The Hall–Kier alpha value is -0.860. The molecule has 0 aliphatic carbocycles. The quantitative estimate of drug-likeness (QED) is 0.511. The molecule has 0 radical (unpaired) electrons. The second-order valence-corrected chi connectivity index (χ2v) is 1.72. The van der Waals surface area contributed by atoms with Crippen molar-refractivity contribution in [3.05, 3.63) is 12.4 Å². The van der Waals surface area contributed by atoms with Crippen LogP contribution >= 0.6 is 0 Å². The number of carbonyl (C=O) groups excluding carboxylic acids is 1. The highest BCUT2D eigenvalue weighted by Crippen LogP contribution is 1.96. The van der Waals surface area contributed by atoms with Crippen molar-refractivity contribution in [1.29, 1.82) is 0 Å². The van der Waals surface area contributed by atoms with Crippen molar-refractivity contribution in [3.63, 3.8) is 0 Å². The number of carbonyl (C=O) groups is 1. The molecule has 0 fully saturated rings. The highest BCUT2D eigenvalue weighted by atomic mass is 19.1. The van der Waals surface area contributed by atoms with Gasteiger partial charge in [0, 0.05) is 13.6 Å². The summed E-state index contributed by atoms with van der Waals surface area (Å²) in [6.45, 7) is 5.13. The van der Waals surface area contributed by atoms with E-state index in [1.54, 1.807) is 6.92 Å². The van der Waals surface area contributed by atoms with Gasteiger partial charge in [0.15, 0.2) is 5.83 Å². The molecule has 0 heterocycles. The van der Waals surface area contributed by atoms with Crippen LogP contribution in [0, 0.1) is 0 Å². The standard InChI is InChI=1S/C6H10FNO/c1-4-8(3)6(9)5(2)7/h2,4H2,1,3H3. The van der Waals surface area contributed by atoms with E-state index in [2.05, 4.69) is 6.58 Å². The van der Waals surface area contributed by atoms with E-state index in [1.807, 2.05) is 0 Å². The average Bonchev–Trinajstić information content (AvgIpc) is 1.84. The molecule has 0 aliphatic rings. The van der Waals surface area contributed by atoms with Crippen molar-refractivity contribution in [2.45, 2.75) is 6.92 Å². The zero-order chi connectivity index (χ0) is 7.44. The van der Waals surface area contributed by atoms with Gasteiger partial charge >= 0.3 is 0 Å². The van der Waals surface area contributed by atoms with Crippen molar-refractivity contribution >= 4 is 5.91 Å². The van der Waals surface area contributed by atoms with E-state index in [9.17, 15) is 9.18 Å². The molecule has 0 unspecified atom stereocenters. The van der Waals surface area contributed by atoms with Crippen LogP contribution in [0.25, 0.3) is 0 Å². The van der Waals surface area contributed by atoms with Crippen LogP contribution in [0.5, 0.6) is 0 Å². The fraction of sp³-hybridized carbons (Fsp3) is 0.500. The minimum atomic E-state index is -0.903. The van der Waals surface area contributed by atoms with Gasteiger partial charge in [-0.1, -0.05) is 6.58 Å². The Morgan fingerprint density at radius 2 is 2.22 bits per heavy atom. The minimum absolute atomic E-state index is 0.502. The van der Waals surface area contributed by atoms with Crippen LogP contribution in [-0.4, -0.2) is 24.4 Å². The number of likely N-dealkylation sites (N-methyl/N-ethyl adjacent to an activating group) is 1. The largest absolute Gasteiger partial charge is 0.340 e. The normalized spacial score (nSPS) is 8.78. The molecule has 0 N–H and O–H groups in total. The summed E-state index contributed by atoms with van der Waals surface area (Å²) in [4.78, 5) is 11.8. The molecule has 0 aromatic carbocycles. The molecule has 9 heavy (non-hydrogen) atoms. The first kappa shape index (κ1) is 8.14. The Bertz CT molecular complexity index is 133. The molecular formula is C6H10FNO. The summed E-state index contributed by atoms with van der Waals surface area (Å²) < 4.78 is 11.9. The lowest BCUT2D eigenvalue weighted by Crippen LogP contribution is -2.25. The second kappa shape index (κ2) is 3.22. The summed E-state index contributed by atoms with van der Waals surface area (Å²) in [7, 11) is 1.52. The van der Waals surface area contributed by atoms with Crippen LogP contribution in [0.2, 0.25) is 0 Å². The fourth-order valence-corrected chi connectivity index (χ4v) is 0.351. The first-order valence-corrected chi connectivity index (χ1v) is 2.69. The number of halogens is 1. The third kappa shape index (κ3) is 2.26. The van der Waals surface area contributed by atoms with Gasteiger partial charge in [0.05, 0.1) is 0 Å². The zero-order valence-electron chi connectivity index (χ0n) is 5.65. The van der Waals surface area contributed by atoms with Gasteiger partial charge in [-0.2, -0.15) is 0 Å². The molecule has 0 aromatic rings. The molecule has 0 aliphatic heterocycles. The minimum Gasteiger partial charge on any atom is -0.340 e. The van der Waals surface area contributed by atoms with E-state index in [0.29, 0.717) is 6.54 Å². The highest BCUT2D eigenvalue weighted by Gasteiger charge is 2.08. The third-order valence-corrected chi connectivity index (χ3v) is 1.05. The van der Waals surface area contributed by atoms with E-state index in [4.69, 9.17) is 0 Å². The monoisotopic (exact) mass is 131 g/mol. The molecule has 0 bridgehead atoms. The molecule has 1 amide bonds. The van der Waals surface area contributed by atoms with Gasteiger partial charge in [0.2, 0.25) is 0 Å². The molecule has 0 rings (SSSR count). The van der Waals surface area contributed by atoms with Crippen LogP contribution in [0.4, 0.5) is 4.39 Å². The first-order valence-electron chi connectivity index (χ1n) is 2.69. The number of rotatable bonds is 2. The maximum atomic E-state index is 11.9. The van der Waals surface area contributed by atoms with Gasteiger partial charge in [0.25, 0.3) is 5.91 Å². The maximum absolute atomic E-state index is 11.9. The first-order chi connectivity index (χ1) is 4.09. The Kier molecular flexibility index (Phi) is 2.91. The number of amides is 1. The molecule has 0 saturated carbocycles. The van der Waals surface area contributed by atoms with Gasteiger partial charge in [-0.25, -0.2) is 4.39 Å². The van der Waals surface area contributed by atoms with Crippen molar-refractivity contribution in [2.24, 2.45) is 0 Å². The Morgan fingerprint density at radius 1 is 1.78 bits per heavy atom. The van der Waals surface area contributed by atoms with Crippen molar-refractivity contribution in [1.82, 2.24) is 4.90 Å². The lowest BCUT2D eigenvalue weighted by atomic mass is 10.5. The molecule has 3 heteroatoms. The van der Waals surface area contributed by atoms with E-state index in [1.165, 1.54) is 11.9 Å². The number of nitrogens with zero attached hydrogens (tertiary/aromatic N) is 1. The fourth-order valence-electron chi connectivity index (χ4n) is 0.351. The maximum Gasteiger partial charge on any atom is 0.281 e. The lowest BCUT2D eigenvalue weighted by Gasteiger charge is -2.11. The van der Waals surface area contributed by atoms with Gasteiger partial charge in [0.1, 0.15) is 0 Å². The summed E-state index contributed by atoms with van der Waals surface area (Å²) in [6.07, 6.45) is 0. The van der Waals surface area contributed by atoms with Crippen molar-refractivity contribution in [3.8, 4) is 0 Å². The van der Waals surface area contributed by atoms with Gasteiger partial charge in [-0.15, -0.1) is 0 Å². The smallest absolute Gasteiger partial charge is 0.281 e. The Morgan fingerprint density at radius 3 is 2.33 bits per heavy atom. The highest BCUT2D eigenvalue weighted by molar-refractivity contribution is 5.90. The summed E-state index contributed by atoms with van der Waals surface area (Å²) >= 11 is 0. The molecule has 0 spiro atoms. The molecule has 0 aromatic heterocycles. The van der Waals surface area contributed by atoms with Crippen LogP contribution < -0.4 is 0 Å². The molecule has 2 nitrogen and oxygen atoms in total. The summed E-state index contributed by atoms with van der Waals surface area (Å²) in [5.74, 6) is -1.54. The molecule has 52 valence electrons. The van der Waals surface area contributed by atoms with E-state index >= 15 is 0 Å². The zero-order valence-corrected chi connectivity index (χ0v) is 5.65. The van der Waals surface area contributed by atoms with Crippen LogP contribution in [0.15, 0.2) is 12.4 Å². The van der Waals surface area contributed by atoms with Crippen LogP contribution in [0.1, 0.15) is 6.92 Å². The predicted octanol–water partition coefficient (Wildman–Crippen LogP) is 0.948. The molecular weight excluding hydrogens is 121 g/mol. The Labute approximate surface area is 54.0 Å². The topological polar surface area (TPSA) is 20.3 Å². The summed E-state index contributed by atoms with van der Waals surface area (Å²) in [5, 5.41) is 0. The predicted molar refractivity (Wildman–Crippen MR) is 33.6 cm³/mol. The van der Waals surface area contributed by atoms with Crippen molar-refractivity contribution in [2.75, 3.05) is 13.6 Å². The average molecular weight is 131 g/mol. The molecule has 0 saturated heterocycles. The van der Waals surface area contributed by atoms with E-state index in [0.717, 1.165) is 0 Å². The van der Waals surface area contributed by atoms with Gasteiger partial charge in [-0.3, -0.25) is 4.79 Å². The van der Waals surface area contributed by atoms with E-state index < -0.39 is 11.7 Å². The van der Waals surface area contributed by atoms with Crippen LogP contribution in [0.3, 0.4) is 0 Å². The number of hydrogen-bond donors (Lipinski definition) is 0. The lowest BCUT2D eigenvalue weighted by molar-refractivity contribution is -0.127. The molecule has 0 atom stereocenters. The third-order valence-electron chi connectivity index (χ3n) is 1.05. The van der Waals surface area contributed by atoms with Crippen molar-refractivity contribution < 1.29 is 9.18 Å². The summed E-state index contributed by atoms with van der Waals surface area (Å²) in [6, 6.07) is 0. The second-order valence-electron chi connectivity index (χ2n) is 1.72. The SMILES string of the molecule is C=C(F)C(=O)N(C)CC. The van der Waals surface area contributed by atoms with Crippen LogP contribution in [-0.2, 0) is 4.79 Å². The summed E-state index contributed by atoms with van der Waals surface area (Å²) in [5.41, 5.74) is 0. The van der Waals surface area contributed by atoms with Gasteiger partial charge < -0.3 is 4.90 Å². The number of hydrogen-bond acceptors (Lipinski definition) is 1. The van der Waals surface area contributed by atoms with Gasteiger partial charge in [-0.05, 0) is 6.92 Å².